The number of amides is 1. The predicted molar refractivity (Wildman–Crippen MR) is 94.8 cm³/mol. The standard InChI is InChI=1S/C17H19N3O5S/c1-24-16-6-5-13(12-18-16)17(21)19-14-3-2-4-15(11-14)26(22,23)20-7-9-25-10-8-20/h2-6,11-12H,7-10H2,1H3,(H,19,21). The molecule has 0 spiro atoms. The maximum atomic E-state index is 12.7. The van der Waals surface area contributed by atoms with E-state index in [4.69, 9.17) is 9.47 Å². The first-order valence-corrected chi connectivity index (χ1v) is 9.44. The predicted octanol–water partition coefficient (Wildman–Crippen LogP) is 1.36. The molecule has 9 heteroatoms. The van der Waals surface area contributed by atoms with Gasteiger partial charge in [-0.15, -0.1) is 0 Å². The van der Waals surface area contributed by atoms with E-state index in [1.165, 1.54) is 29.7 Å². The molecule has 1 aromatic carbocycles. The molecule has 1 aliphatic rings. The van der Waals surface area contributed by atoms with Crippen molar-refractivity contribution in [1.82, 2.24) is 9.29 Å². The fourth-order valence-corrected chi connectivity index (χ4v) is 3.96. The Hall–Kier alpha value is -2.49. The number of aromatic nitrogens is 1. The monoisotopic (exact) mass is 377 g/mol. The maximum Gasteiger partial charge on any atom is 0.257 e. The van der Waals surface area contributed by atoms with Gasteiger partial charge in [0.2, 0.25) is 15.9 Å². The van der Waals surface area contributed by atoms with E-state index >= 15 is 0 Å². The first-order chi connectivity index (χ1) is 12.5. The normalized spacial score (nSPS) is 15.4. The molecule has 0 bridgehead atoms. The van der Waals surface area contributed by atoms with E-state index in [1.807, 2.05) is 0 Å². The topological polar surface area (TPSA) is 97.8 Å². The lowest BCUT2D eigenvalue weighted by Gasteiger charge is -2.26. The van der Waals surface area contributed by atoms with Crippen LogP contribution in [0.15, 0.2) is 47.5 Å². The van der Waals surface area contributed by atoms with Gasteiger partial charge < -0.3 is 14.8 Å². The molecule has 1 fully saturated rings. The fourth-order valence-electron chi connectivity index (χ4n) is 2.51. The third-order valence-electron chi connectivity index (χ3n) is 3.91. The highest BCUT2D eigenvalue weighted by atomic mass is 32.2. The van der Waals surface area contributed by atoms with Gasteiger partial charge in [0.25, 0.3) is 5.91 Å². The number of carbonyl (C=O) groups excluding carboxylic acids is 1. The van der Waals surface area contributed by atoms with Gasteiger partial charge >= 0.3 is 0 Å². The molecule has 1 saturated heterocycles. The lowest BCUT2D eigenvalue weighted by Crippen LogP contribution is -2.40. The molecule has 0 saturated carbocycles. The van der Waals surface area contributed by atoms with Crippen LogP contribution in [0.2, 0.25) is 0 Å². The summed E-state index contributed by atoms with van der Waals surface area (Å²) >= 11 is 0. The Morgan fingerprint density at radius 3 is 2.65 bits per heavy atom. The Bertz CT molecular complexity index is 878. The Balaban J connectivity index is 1.77. The summed E-state index contributed by atoms with van der Waals surface area (Å²) in [5.74, 6) is 0.0150. The van der Waals surface area contributed by atoms with Gasteiger partial charge in [-0.05, 0) is 24.3 Å². The van der Waals surface area contributed by atoms with Gasteiger partial charge in [0.1, 0.15) is 0 Å². The van der Waals surface area contributed by atoms with Gasteiger partial charge in [0.05, 0.1) is 30.8 Å². The number of methoxy groups -OCH3 is 1. The second kappa shape index (κ2) is 7.81. The Morgan fingerprint density at radius 1 is 1.23 bits per heavy atom. The molecule has 0 aliphatic carbocycles. The number of hydrogen-bond donors (Lipinski definition) is 1. The number of hydrogen-bond acceptors (Lipinski definition) is 6. The number of pyridine rings is 1. The Kier molecular flexibility index (Phi) is 5.50. The van der Waals surface area contributed by atoms with Crippen LogP contribution in [0.5, 0.6) is 5.88 Å². The first kappa shape index (κ1) is 18.3. The Morgan fingerprint density at radius 2 is 2.00 bits per heavy atom. The number of morpholine rings is 1. The minimum atomic E-state index is -3.62. The van der Waals surface area contributed by atoms with Gasteiger partial charge in [-0.2, -0.15) is 4.31 Å². The summed E-state index contributed by atoms with van der Waals surface area (Å²) in [6.07, 6.45) is 1.39. The van der Waals surface area contributed by atoms with Gasteiger partial charge in [0, 0.05) is 31.0 Å². The number of carbonyl (C=O) groups is 1. The molecular weight excluding hydrogens is 358 g/mol. The van der Waals surface area contributed by atoms with Crippen molar-refractivity contribution < 1.29 is 22.7 Å². The van der Waals surface area contributed by atoms with Crippen molar-refractivity contribution >= 4 is 21.6 Å². The maximum absolute atomic E-state index is 12.7. The summed E-state index contributed by atoms with van der Waals surface area (Å²) in [7, 11) is -2.13. The highest BCUT2D eigenvalue weighted by Gasteiger charge is 2.26. The molecular formula is C17H19N3O5S. The molecule has 2 heterocycles. The molecule has 26 heavy (non-hydrogen) atoms. The minimum absolute atomic E-state index is 0.130. The van der Waals surface area contributed by atoms with E-state index in [-0.39, 0.29) is 10.8 Å². The molecule has 1 aromatic heterocycles. The summed E-state index contributed by atoms with van der Waals surface area (Å²) < 4.78 is 36.9. The van der Waals surface area contributed by atoms with Crippen LogP contribution in [0.4, 0.5) is 5.69 Å². The van der Waals surface area contributed by atoms with E-state index in [1.54, 1.807) is 24.3 Å². The van der Waals surface area contributed by atoms with Crippen LogP contribution in [-0.2, 0) is 14.8 Å². The van der Waals surface area contributed by atoms with Crippen molar-refractivity contribution in [3.8, 4) is 5.88 Å². The second-order valence-electron chi connectivity index (χ2n) is 5.59. The number of anilines is 1. The summed E-state index contributed by atoms with van der Waals surface area (Å²) in [5.41, 5.74) is 0.729. The van der Waals surface area contributed by atoms with Gasteiger partial charge in [-0.3, -0.25) is 4.79 Å². The molecule has 1 N–H and O–H groups in total. The molecule has 0 unspecified atom stereocenters. The summed E-state index contributed by atoms with van der Waals surface area (Å²) in [6.45, 7) is 1.38. The van der Waals surface area contributed by atoms with Gasteiger partial charge in [-0.25, -0.2) is 13.4 Å². The summed E-state index contributed by atoms with van der Waals surface area (Å²) in [4.78, 5) is 16.4. The number of benzene rings is 1. The van der Waals surface area contributed by atoms with Crippen molar-refractivity contribution in [2.24, 2.45) is 0 Å². The van der Waals surface area contributed by atoms with Crippen LogP contribution < -0.4 is 10.1 Å². The van der Waals surface area contributed by atoms with Crippen molar-refractivity contribution in [3.63, 3.8) is 0 Å². The average molecular weight is 377 g/mol. The molecule has 138 valence electrons. The number of sulfonamides is 1. The summed E-state index contributed by atoms with van der Waals surface area (Å²) in [5, 5.41) is 2.68. The smallest absolute Gasteiger partial charge is 0.257 e. The van der Waals surface area contributed by atoms with Gasteiger partial charge in [0.15, 0.2) is 0 Å². The fraction of sp³-hybridized carbons (Fsp3) is 0.294. The molecule has 1 amide bonds. The van der Waals surface area contributed by atoms with Crippen molar-refractivity contribution in [1.29, 1.82) is 0 Å². The van der Waals surface area contributed by atoms with Crippen molar-refractivity contribution in [2.75, 3.05) is 38.7 Å². The molecule has 1 aliphatic heterocycles. The SMILES string of the molecule is COc1ccc(C(=O)Nc2cccc(S(=O)(=O)N3CCOCC3)c2)cn1. The van der Waals surface area contributed by atoms with Crippen LogP contribution in [0.1, 0.15) is 10.4 Å². The quantitative estimate of drug-likeness (QED) is 0.845. The van der Waals surface area contributed by atoms with E-state index in [2.05, 4.69) is 10.3 Å². The average Bonchev–Trinajstić information content (AvgIpc) is 2.69. The van der Waals surface area contributed by atoms with E-state index in [0.717, 1.165) is 0 Å². The molecule has 0 radical (unpaired) electrons. The van der Waals surface area contributed by atoms with E-state index in [9.17, 15) is 13.2 Å². The van der Waals surface area contributed by atoms with E-state index < -0.39 is 10.0 Å². The number of nitrogens with one attached hydrogen (secondary N) is 1. The van der Waals surface area contributed by atoms with Crippen molar-refractivity contribution in [3.05, 3.63) is 48.2 Å². The highest BCUT2D eigenvalue weighted by molar-refractivity contribution is 7.89. The third-order valence-corrected chi connectivity index (χ3v) is 5.80. The number of nitrogens with zero attached hydrogens (tertiary/aromatic N) is 2. The lowest BCUT2D eigenvalue weighted by molar-refractivity contribution is 0.0730. The molecule has 8 nitrogen and oxygen atoms in total. The zero-order valence-corrected chi connectivity index (χ0v) is 15.0. The van der Waals surface area contributed by atoms with Gasteiger partial charge in [-0.1, -0.05) is 6.07 Å². The van der Waals surface area contributed by atoms with Crippen LogP contribution in [0.25, 0.3) is 0 Å². The van der Waals surface area contributed by atoms with Crippen LogP contribution in [0.3, 0.4) is 0 Å². The highest BCUT2D eigenvalue weighted by Crippen LogP contribution is 2.21. The van der Waals surface area contributed by atoms with Crippen molar-refractivity contribution in [2.45, 2.75) is 4.90 Å². The zero-order valence-electron chi connectivity index (χ0n) is 14.2. The van der Waals surface area contributed by atoms with Crippen LogP contribution in [-0.4, -0.2) is 57.0 Å². The zero-order chi connectivity index (χ0) is 18.6. The molecule has 0 atom stereocenters. The molecule has 2 aromatic rings. The lowest BCUT2D eigenvalue weighted by atomic mass is 10.2. The number of rotatable bonds is 5. The van der Waals surface area contributed by atoms with Crippen LogP contribution >= 0.6 is 0 Å². The first-order valence-electron chi connectivity index (χ1n) is 8.00. The second-order valence-corrected chi connectivity index (χ2v) is 7.53. The van der Waals surface area contributed by atoms with E-state index in [0.29, 0.717) is 43.4 Å². The summed E-state index contributed by atoms with van der Waals surface area (Å²) in [6, 6.07) is 9.33. The third kappa shape index (κ3) is 4.01. The molecule has 3 rings (SSSR count). The Labute approximate surface area is 151 Å². The van der Waals surface area contributed by atoms with Crippen LogP contribution in [0, 0.1) is 0 Å². The number of ether oxygens (including phenoxy) is 2. The largest absolute Gasteiger partial charge is 0.481 e. The minimum Gasteiger partial charge on any atom is -0.481 e.